The third kappa shape index (κ3) is 3.21. The van der Waals surface area contributed by atoms with E-state index in [2.05, 4.69) is 4.98 Å². The summed E-state index contributed by atoms with van der Waals surface area (Å²) in [6, 6.07) is 12.6. The van der Waals surface area contributed by atoms with Gasteiger partial charge in [-0.2, -0.15) is 0 Å². The molecule has 0 spiro atoms. The second-order valence-corrected chi connectivity index (χ2v) is 8.05. The maximum Gasteiger partial charge on any atom is 0.237 e. The van der Waals surface area contributed by atoms with Crippen LogP contribution < -0.4 is 5.73 Å². The van der Waals surface area contributed by atoms with Crippen LogP contribution >= 0.6 is 23.2 Å². The number of para-hydroxylation sites is 2. The number of nitrogens with two attached hydrogens (primary N) is 1. The molecule has 6 heteroatoms. The van der Waals surface area contributed by atoms with E-state index in [0.717, 1.165) is 25.7 Å². The van der Waals surface area contributed by atoms with E-state index in [4.69, 9.17) is 33.4 Å². The van der Waals surface area contributed by atoms with E-state index in [9.17, 15) is 4.79 Å². The van der Waals surface area contributed by atoms with Gasteiger partial charge in [-0.1, -0.05) is 67.1 Å². The fourth-order valence-corrected chi connectivity index (χ4v) is 4.44. The Kier molecular flexibility index (Phi) is 4.87. The number of halogens is 2. The van der Waals surface area contributed by atoms with Gasteiger partial charge >= 0.3 is 0 Å². The highest BCUT2D eigenvalue weighted by Crippen LogP contribution is 2.44. The highest BCUT2D eigenvalue weighted by molar-refractivity contribution is 6.42. The van der Waals surface area contributed by atoms with E-state index in [1.807, 2.05) is 24.3 Å². The molecule has 4 rings (SSSR count). The number of amides is 1. The van der Waals surface area contributed by atoms with Crippen molar-refractivity contribution in [1.82, 2.24) is 4.98 Å². The van der Waals surface area contributed by atoms with E-state index in [1.54, 1.807) is 18.2 Å². The molecule has 3 aromatic rings. The van der Waals surface area contributed by atoms with Gasteiger partial charge < -0.3 is 10.2 Å². The Morgan fingerprint density at radius 3 is 2.56 bits per heavy atom. The lowest BCUT2D eigenvalue weighted by Gasteiger charge is -2.31. The number of hydrogen-bond acceptors (Lipinski definition) is 3. The number of aromatic nitrogens is 1. The molecule has 140 valence electrons. The molecule has 1 heterocycles. The van der Waals surface area contributed by atoms with Crippen molar-refractivity contribution in [3.8, 4) is 0 Å². The van der Waals surface area contributed by atoms with Gasteiger partial charge in [-0.15, -0.1) is 0 Å². The smallest absolute Gasteiger partial charge is 0.237 e. The largest absolute Gasteiger partial charge is 0.439 e. The van der Waals surface area contributed by atoms with Crippen molar-refractivity contribution in [1.29, 1.82) is 0 Å². The van der Waals surface area contributed by atoms with E-state index in [-0.39, 0.29) is 0 Å². The van der Waals surface area contributed by atoms with Crippen LogP contribution in [0, 0.1) is 5.92 Å². The second-order valence-electron chi connectivity index (χ2n) is 7.24. The fraction of sp³-hybridized carbons (Fsp3) is 0.333. The first-order valence-corrected chi connectivity index (χ1v) is 9.88. The van der Waals surface area contributed by atoms with Crippen LogP contribution in [0.1, 0.15) is 43.6 Å². The average molecular weight is 403 g/mol. The predicted octanol–water partition coefficient (Wildman–Crippen LogP) is 5.49. The summed E-state index contributed by atoms with van der Waals surface area (Å²) in [6.07, 6.45) is 5.00. The Morgan fingerprint density at radius 2 is 1.89 bits per heavy atom. The molecule has 0 radical (unpaired) electrons. The molecule has 0 bridgehead atoms. The Bertz CT molecular complexity index is 962. The van der Waals surface area contributed by atoms with E-state index in [1.165, 1.54) is 0 Å². The molecule has 27 heavy (non-hydrogen) atoms. The minimum atomic E-state index is -1.18. The van der Waals surface area contributed by atoms with Gasteiger partial charge in [0.05, 0.1) is 10.0 Å². The second kappa shape index (κ2) is 7.17. The number of benzene rings is 2. The monoisotopic (exact) mass is 402 g/mol. The van der Waals surface area contributed by atoms with Crippen LogP contribution in [0.4, 0.5) is 0 Å². The predicted molar refractivity (Wildman–Crippen MR) is 107 cm³/mol. The molecular formula is C21H20Cl2N2O2. The fourth-order valence-electron chi connectivity index (χ4n) is 4.14. The third-order valence-corrected chi connectivity index (χ3v) is 6.30. The summed E-state index contributed by atoms with van der Waals surface area (Å²) in [4.78, 5) is 17.6. The van der Waals surface area contributed by atoms with Gasteiger partial charge in [0.2, 0.25) is 11.8 Å². The molecule has 4 nitrogen and oxygen atoms in total. The first-order valence-electron chi connectivity index (χ1n) is 9.12. The van der Waals surface area contributed by atoms with Crippen LogP contribution in [0.3, 0.4) is 0 Å². The molecule has 2 N–H and O–H groups in total. The number of primary amides is 1. The van der Waals surface area contributed by atoms with Gasteiger partial charge in [0, 0.05) is 0 Å². The van der Waals surface area contributed by atoms with Gasteiger partial charge in [0.15, 0.2) is 11.0 Å². The maximum atomic E-state index is 12.9. The van der Waals surface area contributed by atoms with Gasteiger partial charge in [0.25, 0.3) is 0 Å². The quantitative estimate of drug-likeness (QED) is 0.613. The topological polar surface area (TPSA) is 69.1 Å². The summed E-state index contributed by atoms with van der Waals surface area (Å²) < 4.78 is 6.04. The molecule has 1 atom stereocenters. The number of hydrogen-bond donors (Lipinski definition) is 1. The van der Waals surface area contributed by atoms with Gasteiger partial charge in [-0.05, 0) is 42.2 Å². The highest BCUT2D eigenvalue weighted by Gasteiger charge is 2.47. The number of oxazole rings is 1. The van der Waals surface area contributed by atoms with Crippen molar-refractivity contribution in [2.24, 2.45) is 11.7 Å². The average Bonchev–Trinajstić information content (AvgIpc) is 3.31. The van der Waals surface area contributed by atoms with Crippen molar-refractivity contribution in [2.75, 3.05) is 0 Å². The summed E-state index contributed by atoms with van der Waals surface area (Å²) in [5.74, 6) is 0.211. The Labute approximate surface area is 167 Å². The number of fused-ring (bicyclic) bond motifs is 1. The molecule has 1 amide bonds. The molecule has 0 saturated heterocycles. The zero-order valence-electron chi connectivity index (χ0n) is 14.8. The van der Waals surface area contributed by atoms with E-state index >= 15 is 0 Å². The number of nitrogens with zero attached hydrogens (tertiary/aromatic N) is 1. The Balaban J connectivity index is 1.93. The van der Waals surface area contributed by atoms with Gasteiger partial charge in [-0.25, -0.2) is 4.98 Å². The molecule has 1 saturated carbocycles. The molecule has 1 fully saturated rings. The Morgan fingerprint density at radius 1 is 1.15 bits per heavy atom. The van der Waals surface area contributed by atoms with Gasteiger partial charge in [-0.3, -0.25) is 4.79 Å². The molecular weight excluding hydrogens is 383 g/mol. The van der Waals surface area contributed by atoms with Crippen LogP contribution in [0.25, 0.3) is 11.1 Å². The maximum absolute atomic E-state index is 12.9. The first kappa shape index (κ1) is 18.3. The van der Waals surface area contributed by atoms with Crippen molar-refractivity contribution in [3.63, 3.8) is 0 Å². The van der Waals surface area contributed by atoms with Crippen molar-refractivity contribution >= 4 is 40.2 Å². The molecule has 1 aromatic heterocycles. The van der Waals surface area contributed by atoms with Crippen LogP contribution in [0.15, 0.2) is 46.9 Å². The lowest BCUT2D eigenvalue weighted by molar-refractivity contribution is -0.123. The number of rotatable bonds is 5. The van der Waals surface area contributed by atoms with Gasteiger partial charge in [0.1, 0.15) is 5.52 Å². The zero-order valence-corrected chi connectivity index (χ0v) is 16.3. The molecule has 1 aliphatic carbocycles. The standard InChI is InChI=1S/C21H20Cl2N2O2/c22-15-10-9-14(11-16(15)23)21(19(24)26,12-13-5-1-2-6-13)20-25-17-7-3-4-8-18(17)27-20/h3-4,7-11,13H,1-2,5-6,12H2,(H2,24,26)/t21-/m0/s1. The molecule has 2 aromatic carbocycles. The van der Waals surface area contributed by atoms with Crippen LogP contribution in [0.5, 0.6) is 0 Å². The van der Waals surface area contributed by atoms with Crippen molar-refractivity contribution < 1.29 is 9.21 Å². The zero-order chi connectivity index (χ0) is 19.0. The van der Waals surface area contributed by atoms with Crippen molar-refractivity contribution in [3.05, 3.63) is 64.0 Å². The van der Waals surface area contributed by atoms with Crippen LogP contribution in [0.2, 0.25) is 10.0 Å². The van der Waals surface area contributed by atoms with Crippen LogP contribution in [-0.4, -0.2) is 10.9 Å². The van der Waals surface area contributed by atoms with Crippen LogP contribution in [-0.2, 0) is 10.2 Å². The normalized spacial score (nSPS) is 17.3. The summed E-state index contributed by atoms with van der Waals surface area (Å²) >= 11 is 12.4. The number of carbonyl (C=O) groups excluding carboxylic acids is 1. The molecule has 0 unspecified atom stereocenters. The lowest BCUT2D eigenvalue weighted by atomic mass is 9.72. The lowest BCUT2D eigenvalue weighted by Crippen LogP contribution is -2.44. The summed E-state index contributed by atoms with van der Waals surface area (Å²) in [5, 5.41) is 0.805. The van der Waals surface area contributed by atoms with E-state index < -0.39 is 11.3 Å². The summed E-state index contributed by atoms with van der Waals surface area (Å²) in [5.41, 5.74) is 6.83. The number of carbonyl (C=O) groups is 1. The van der Waals surface area contributed by atoms with Crippen molar-refractivity contribution in [2.45, 2.75) is 37.5 Å². The third-order valence-electron chi connectivity index (χ3n) is 5.56. The minimum Gasteiger partial charge on any atom is -0.439 e. The molecule has 0 aliphatic heterocycles. The minimum absolute atomic E-state index is 0.321. The Hall–Kier alpha value is -2.04. The molecule has 1 aliphatic rings. The SMILES string of the molecule is NC(=O)[C@](CC1CCCC1)(c1ccc(Cl)c(Cl)c1)c1nc2ccccc2o1. The summed E-state index contributed by atoms with van der Waals surface area (Å²) in [6.45, 7) is 0. The van der Waals surface area contributed by atoms with E-state index in [0.29, 0.717) is 44.9 Å². The summed E-state index contributed by atoms with van der Waals surface area (Å²) in [7, 11) is 0. The highest BCUT2D eigenvalue weighted by atomic mass is 35.5. The first-order chi connectivity index (χ1) is 13.0.